The first-order valence-electron chi connectivity index (χ1n) is 3.98. The predicted molar refractivity (Wildman–Crippen MR) is 49.4 cm³/mol. The van der Waals surface area contributed by atoms with E-state index in [4.69, 9.17) is 6.42 Å². The second-order valence-corrected chi connectivity index (χ2v) is 3.16. The van der Waals surface area contributed by atoms with Gasteiger partial charge in [-0.3, -0.25) is 0 Å². The van der Waals surface area contributed by atoms with Crippen molar-refractivity contribution in [2.75, 3.05) is 0 Å². The first kappa shape index (κ1) is 9.76. The van der Waals surface area contributed by atoms with E-state index in [0.717, 1.165) is 0 Å². The number of aliphatic hydroxyl groups is 1. The fourth-order valence-corrected chi connectivity index (χ4v) is 1.11. The molecule has 68 valence electrons. The molecule has 1 atom stereocenters. The molecule has 0 bridgehead atoms. The molecule has 0 aliphatic heterocycles. The van der Waals surface area contributed by atoms with E-state index in [1.165, 1.54) is 24.3 Å². The lowest BCUT2D eigenvalue weighted by Gasteiger charge is -2.20. The lowest BCUT2D eigenvalue weighted by atomic mass is 9.93. The minimum atomic E-state index is -1.07. The first-order chi connectivity index (χ1) is 6.06. The number of hydrogen-bond donors (Lipinski definition) is 1. The van der Waals surface area contributed by atoms with Crippen LogP contribution in [0.4, 0.5) is 4.39 Å². The van der Waals surface area contributed by atoms with Gasteiger partial charge < -0.3 is 5.11 Å². The highest BCUT2D eigenvalue weighted by atomic mass is 19.1. The molecule has 0 aliphatic rings. The Hall–Kier alpha value is -1.33. The average Bonchev–Trinajstić information content (AvgIpc) is 2.05. The molecule has 1 nitrogen and oxygen atoms in total. The van der Waals surface area contributed by atoms with Gasteiger partial charge in [-0.2, -0.15) is 0 Å². The van der Waals surface area contributed by atoms with Crippen molar-refractivity contribution in [3.63, 3.8) is 0 Å². The Bertz CT molecular complexity index is 319. The predicted octanol–water partition coefficient (Wildman–Crippen LogP) is 2.06. The number of halogens is 1. The van der Waals surface area contributed by atoms with Crippen molar-refractivity contribution in [2.45, 2.75) is 18.9 Å². The molecule has 1 aromatic carbocycles. The van der Waals surface area contributed by atoms with Crippen LogP contribution in [0.5, 0.6) is 0 Å². The maximum absolute atomic E-state index is 12.5. The zero-order valence-corrected chi connectivity index (χ0v) is 7.42. The molecule has 0 saturated carbocycles. The summed E-state index contributed by atoms with van der Waals surface area (Å²) in [4.78, 5) is 0. The summed E-state index contributed by atoms with van der Waals surface area (Å²) >= 11 is 0. The fraction of sp³-hybridized carbons (Fsp3) is 0.273. The number of hydrogen-bond acceptors (Lipinski definition) is 1. The Morgan fingerprint density at radius 3 is 2.46 bits per heavy atom. The van der Waals surface area contributed by atoms with Crippen LogP contribution in [0.3, 0.4) is 0 Å². The Labute approximate surface area is 77.2 Å². The molecule has 0 amide bonds. The third-order valence-corrected chi connectivity index (χ3v) is 1.91. The van der Waals surface area contributed by atoms with E-state index in [9.17, 15) is 9.50 Å². The van der Waals surface area contributed by atoms with Crippen molar-refractivity contribution >= 4 is 0 Å². The monoisotopic (exact) mass is 178 g/mol. The van der Waals surface area contributed by atoms with Crippen LogP contribution in [-0.4, -0.2) is 5.11 Å². The lowest BCUT2D eigenvalue weighted by Crippen LogP contribution is -2.19. The van der Waals surface area contributed by atoms with E-state index in [2.05, 4.69) is 5.92 Å². The van der Waals surface area contributed by atoms with E-state index in [-0.39, 0.29) is 12.2 Å². The van der Waals surface area contributed by atoms with E-state index in [1.807, 2.05) is 0 Å². The van der Waals surface area contributed by atoms with E-state index in [0.29, 0.717) is 5.56 Å². The van der Waals surface area contributed by atoms with E-state index < -0.39 is 5.60 Å². The van der Waals surface area contributed by atoms with Crippen molar-refractivity contribution in [2.24, 2.45) is 0 Å². The van der Waals surface area contributed by atoms with E-state index >= 15 is 0 Å². The highest BCUT2D eigenvalue weighted by Crippen LogP contribution is 2.23. The molecule has 1 rings (SSSR count). The van der Waals surface area contributed by atoms with Gasteiger partial charge in [-0.05, 0) is 24.6 Å². The summed E-state index contributed by atoms with van der Waals surface area (Å²) in [6.07, 6.45) is 5.32. The molecule has 0 aromatic heterocycles. The summed E-state index contributed by atoms with van der Waals surface area (Å²) in [7, 11) is 0. The Morgan fingerprint density at radius 2 is 2.00 bits per heavy atom. The van der Waals surface area contributed by atoms with Crippen LogP contribution in [0.15, 0.2) is 24.3 Å². The van der Waals surface area contributed by atoms with Crippen molar-refractivity contribution in [3.05, 3.63) is 35.6 Å². The van der Waals surface area contributed by atoms with Crippen molar-refractivity contribution in [1.29, 1.82) is 0 Å². The van der Waals surface area contributed by atoms with Crippen LogP contribution in [-0.2, 0) is 5.60 Å². The first-order valence-corrected chi connectivity index (χ1v) is 3.98. The van der Waals surface area contributed by atoms with Crippen LogP contribution in [0, 0.1) is 18.2 Å². The molecule has 2 heteroatoms. The minimum absolute atomic E-state index is 0.221. The molecule has 0 radical (unpaired) electrons. The summed E-state index contributed by atoms with van der Waals surface area (Å²) < 4.78 is 12.5. The smallest absolute Gasteiger partial charge is 0.123 e. The van der Waals surface area contributed by atoms with Crippen LogP contribution in [0.25, 0.3) is 0 Å². The van der Waals surface area contributed by atoms with Gasteiger partial charge >= 0.3 is 0 Å². The second-order valence-electron chi connectivity index (χ2n) is 3.16. The van der Waals surface area contributed by atoms with Crippen molar-refractivity contribution in [3.8, 4) is 12.3 Å². The summed E-state index contributed by atoms with van der Waals surface area (Å²) in [5.74, 6) is 2.06. The lowest BCUT2D eigenvalue weighted by molar-refractivity contribution is 0.0629. The highest BCUT2D eigenvalue weighted by Gasteiger charge is 2.21. The van der Waals surface area contributed by atoms with E-state index in [1.54, 1.807) is 6.92 Å². The van der Waals surface area contributed by atoms with Crippen LogP contribution < -0.4 is 0 Å². The second kappa shape index (κ2) is 3.59. The third kappa shape index (κ3) is 2.30. The fourth-order valence-electron chi connectivity index (χ4n) is 1.11. The van der Waals surface area contributed by atoms with Crippen LogP contribution >= 0.6 is 0 Å². The van der Waals surface area contributed by atoms with Crippen LogP contribution in [0.1, 0.15) is 18.9 Å². The largest absolute Gasteiger partial charge is 0.384 e. The van der Waals surface area contributed by atoms with Gasteiger partial charge in [0.1, 0.15) is 5.82 Å². The Morgan fingerprint density at radius 1 is 1.46 bits per heavy atom. The molecule has 0 spiro atoms. The molecule has 0 heterocycles. The molecule has 0 fully saturated rings. The molecular formula is C11H11FO. The van der Waals surface area contributed by atoms with Gasteiger partial charge in [-0.15, -0.1) is 12.3 Å². The van der Waals surface area contributed by atoms with Gasteiger partial charge in [0.2, 0.25) is 0 Å². The topological polar surface area (TPSA) is 20.2 Å². The van der Waals surface area contributed by atoms with Crippen molar-refractivity contribution in [1.82, 2.24) is 0 Å². The number of benzene rings is 1. The normalized spacial score (nSPS) is 14.6. The summed E-state index contributed by atoms with van der Waals surface area (Å²) in [5, 5.41) is 9.81. The van der Waals surface area contributed by atoms with Gasteiger partial charge in [0.15, 0.2) is 0 Å². The molecule has 0 saturated heterocycles. The molecule has 13 heavy (non-hydrogen) atoms. The zero-order chi connectivity index (χ0) is 9.90. The Balaban J connectivity index is 2.95. The maximum Gasteiger partial charge on any atom is 0.123 e. The van der Waals surface area contributed by atoms with Crippen molar-refractivity contribution < 1.29 is 9.50 Å². The summed E-state index contributed by atoms with van der Waals surface area (Å²) in [5.41, 5.74) is -0.436. The average molecular weight is 178 g/mol. The quantitative estimate of drug-likeness (QED) is 0.687. The van der Waals surface area contributed by atoms with Gasteiger partial charge in [0.05, 0.1) is 5.60 Å². The number of terminal acetylenes is 1. The van der Waals surface area contributed by atoms with Gasteiger partial charge in [-0.1, -0.05) is 12.1 Å². The zero-order valence-electron chi connectivity index (χ0n) is 7.42. The summed E-state index contributed by atoms with van der Waals surface area (Å²) in [6.45, 7) is 1.61. The molecular weight excluding hydrogens is 167 g/mol. The summed E-state index contributed by atoms with van der Waals surface area (Å²) in [6, 6.07) is 5.68. The van der Waals surface area contributed by atoms with Gasteiger partial charge in [0, 0.05) is 6.42 Å². The Kier molecular flexibility index (Phi) is 2.69. The van der Waals surface area contributed by atoms with Crippen LogP contribution in [0.2, 0.25) is 0 Å². The highest BCUT2D eigenvalue weighted by molar-refractivity contribution is 5.23. The third-order valence-electron chi connectivity index (χ3n) is 1.91. The molecule has 1 aromatic rings. The standard InChI is InChI=1S/C11H11FO/c1-3-8-11(2,13)9-4-6-10(12)7-5-9/h1,4-7,13H,8H2,2H3. The maximum atomic E-state index is 12.5. The molecule has 1 unspecified atom stereocenters. The van der Waals surface area contributed by atoms with Gasteiger partial charge in [0.25, 0.3) is 0 Å². The SMILES string of the molecule is C#CCC(C)(O)c1ccc(F)cc1. The molecule has 1 N–H and O–H groups in total. The number of rotatable bonds is 2. The molecule has 0 aliphatic carbocycles. The minimum Gasteiger partial charge on any atom is -0.384 e. The van der Waals surface area contributed by atoms with Gasteiger partial charge in [-0.25, -0.2) is 4.39 Å².